The fourth-order valence-electron chi connectivity index (χ4n) is 8.94. The fourth-order valence-corrected chi connectivity index (χ4v) is 13.0. The van der Waals surface area contributed by atoms with E-state index in [-0.39, 0.29) is 48.9 Å². The lowest BCUT2D eigenvalue weighted by molar-refractivity contribution is -0.150. The maximum Gasteiger partial charge on any atom is 0.414 e. The Morgan fingerprint density at radius 2 is 1.84 bits per heavy atom. The molecule has 0 saturated carbocycles. The van der Waals surface area contributed by atoms with Gasteiger partial charge in [0, 0.05) is 30.3 Å². The molecule has 3 aromatic carbocycles. The van der Waals surface area contributed by atoms with Crippen molar-refractivity contribution in [3.05, 3.63) is 96.1 Å². The second kappa shape index (κ2) is 13.0. The van der Waals surface area contributed by atoms with Crippen LogP contribution in [0.5, 0.6) is 5.75 Å². The van der Waals surface area contributed by atoms with Crippen molar-refractivity contribution in [2.45, 2.75) is 62.7 Å². The van der Waals surface area contributed by atoms with Crippen molar-refractivity contribution in [2.24, 2.45) is 5.92 Å². The lowest BCUT2D eigenvalue weighted by Gasteiger charge is -2.39. The van der Waals surface area contributed by atoms with Crippen LogP contribution in [-0.2, 0) is 37.6 Å². The first-order valence-electron chi connectivity index (χ1n) is 17.4. The molecule has 11 heteroatoms. The highest BCUT2D eigenvalue weighted by atomic mass is 28.3. The lowest BCUT2D eigenvalue weighted by Crippen LogP contribution is -2.52. The molecule has 262 valence electrons. The van der Waals surface area contributed by atoms with Gasteiger partial charge >= 0.3 is 6.09 Å². The predicted molar refractivity (Wildman–Crippen MR) is 193 cm³/mol. The number of carbonyl (C=O) groups is 3. The van der Waals surface area contributed by atoms with Crippen molar-refractivity contribution in [2.75, 3.05) is 43.2 Å². The number of benzene rings is 3. The molecule has 10 nitrogen and oxygen atoms in total. The lowest BCUT2D eigenvalue weighted by atomic mass is 9.82. The molecular weight excluding hydrogens is 651 g/mol. The number of aliphatic hydroxyl groups excluding tert-OH is 1. The Labute approximate surface area is 294 Å². The van der Waals surface area contributed by atoms with Gasteiger partial charge in [-0.2, -0.15) is 0 Å². The first-order chi connectivity index (χ1) is 24.0. The van der Waals surface area contributed by atoms with E-state index in [1.54, 1.807) is 27.9 Å². The molecule has 3 aromatic rings. The van der Waals surface area contributed by atoms with Crippen molar-refractivity contribution < 1.29 is 33.7 Å². The molecular formula is C39H45N3O7Si. The average molecular weight is 696 g/mol. The van der Waals surface area contributed by atoms with Crippen LogP contribution in [0.25, 0.3) is 0 Å². The zero-order valence-electron chi connectivity index (χ0n) is 29.1. The number of fused-ring (bicyclic) bond motifs is 3. The van der Waals surface area contributed by atoms with Crippen LogP contribution in [0.4, 0.5) is 16.2 Å². The zero-order chi connectivity index (χ0) is 35.4. The first kappa shape index (κ1) is 34.0. The van der Waals surface area contributed by atoms with Gasteiger partial charge in [0.25, 0.3) is 5.91 Å². The molecule has 1 spiro atoms. The molecule has 1 N–H and O–H groups in total. The number of amides is 3. The second-order valence-corrected chi connectivity index (χ2v) is 19.1. The molecule has 2 fully saturated rings. The average Bonchev–Trinajstić information content (AvgIpc) is 3.76. The number of cyclic esters (lactones) is 1. The molecule has 3 amide bonds. The highest BCUT2D eigenvalue weighted by Gasteiger charge is 2.66. The maximum atomic E-state index is 14.9. The van der Waals surface area contributed by atoms with Crippen LogP contribution >= 0.6 is 0 Å². The van der Waals surface area contributed by atoms with Crippen molar-refractivity contribution in [3.8, 4) is 5.75 Å². The van der Waals surface area contributed by atoms with Crippen molar-refractivity contribution >= 4 is 42.5 Å². The largest absolute Gasteiger partial charge is 0.497 e. The van der Waals surface area contributed by atoms with E-state index >= 15 is 0 Å². The topological polar surface area (TPSA) is 109 Å². The number of aliphatic hydroxyl groups is 1. The Bertz CT molecular complexity index is 1830. The van der Waals surface area contributed by atoms with Gasteiger partial charge < -0.3 is 29.1 Å². The summed E-state index contributed by atoms with van der Waals surface area (Å²) < 4.78 is 17.9. The second-order valence-electron chi connectivity index (χ2n) is 14.4. The molecule has 4 aliphatic rings. The van der Waals surface area contributed by atoms with Gasteiger partial charge in [0.2, 0.25) is 5.91 Å². The summed E-state index contributed by atoms with van der Waals surface area (Å²) >= 11 is 0. The Morgan fingerprint density at radius 3 is 2.50 bits per heavy atom. The molecule has 0 aliphatic carbocycles. The normalized spacial score (nSPS) is 25.9. The number of hydrogen-bond acceptors (Lipinski definition) is 7. The Kier molecular flexibility index (Phi) is 8.86. The summed E-state index contributed by atoms with van der Waals surface area (Å²) in [6.45, 7) is 11.8. The molecule has 2 saturated heterocycles. The minimum Gasteiger partial charge on any atom is -0.497 e. The number of anilines is 2. The van der Waals surface area contributed by atoms with E-state index in [0.29, 0.717) is 43.1 Å². The smallest absolute Gasteiger partial charge is 0.414 e. The van der Waals surface area contributed by atoms with E-state index < -0.39 is 25.9 Å². The zero-order valence-corrected chi connectivity index (χ0v) is 30.1. The SMILES string of the molecule is C=CCN1C(=O)[C@]2(O[C@H](CC(=O)N3Cc4ccccc4C[C@H]3CO)[C@@H]([Si](C)(C)c3ccc(OC)cc3)[C@@H]2C)c2cc(N3CCOC3=O)ccc21. The molecule has 7 rings (SSSR count). The quantitative estimate of drug-likeness (QED) is 0.255. The minimum absolute atomic E-state index is 0.0597. The van der Waals surface area contributed by atoms with Crippen LogP contribution in [0.1, 0.15) is 30.0 Å². The third-order valence-corrected chi connectivity index (χ3v) is 15.8. The summed E-state index contributed by atoms with van der Waals surface area (Å²) in [4.78, 5) is 47.0. The van der Waals surface area contributed by atoms with Crippen molar-refractivity contribution in [1.29, 1.82) is 0 Å². The first-order valence-corrected chi connectivity index (χ1v) is 20.4. The third-order valence-electron chi connectivity index (χ3n) is 11.5. The molecule has 0 bridgehead atoms. The third kappa shape index (κ3) is 5.34. The summed E-state index contributed by atoms with van der Waals surface area (Å²) in [7, 11) is -0.877. The number of carbonyl (C=O) groups excluding carboxylic acids is 3. The van der Waals surface area contributed by atoms with Gasteiger partial charge in [0.15, 0.2) is 5.60 Å². The number of rotatable bonds is 9. The van der Waals surface area contributed by atoms with Gasteiger partial charge in [-0.1, -0.05) is 67.7 Å². The van der Waals surface area contributed by atoms with Crippen molar-refractivity contribution in [1.82, 2.24) is 4.90 Å². The van der Waals surface area contributed by atoms with E-state index in [1.807, 2.05) is 48.5 Å². The Hall–Kier alpha value is -4.45. The summed E-state index contributed by atoms with van der Waals surface area (Å²) in [6.07, 6.45) is 1.30. The van der Waals surface area contributed by atoms with Crippen LogP contribution < -0.4 is 19.7 Å². The molecule has 4 heterocycles. The Balaban J connectivity index is 1.32. The summed E-state index contributed by atoms with van der Waals surface area (Å²) in [5.41, 5.74) is 2.68. The van der Waals surface area contributed by atoms with Gasteiger partial charge in [-0.25, -0.2) is 4.79 Å². The molecule has 50 heavy (non-hydrogen) atoms. The highest BCUT2D eigenvalue weighted by molar-refractivity contribution is 6.91. The predicted octanol–water partition coefficient (Wildman–Crippen LogP) is 4.74. The fraction of sp³-hybridized carbons (Fsp3) is 0.410. The monoisotopic (exact) mass is 695 g/mol. The summed E-state index contributed by atoms with van der Waals surface area (Å²) in [5, 5.41) is 11.6. The van der Waals surface area contributed by atoms with Crippen LogP contribution in [0, 0.1) is 5.92 Å². The van der Waals surface area contributed by atoms with Gasteiger partial charge in [0.05, 0.1) is 52.6 Å². The number of methoxy groups -OCH3 is 1. The molecule has 4 aliphatic heterocycles. The molecule has 0 radical (unpaired) electrons. The van der Waals surface area contributed by atoms with E-state index in [0.717, 1.165) is 22.1 Å². The number of ether oxygens (including phenoxy) is 3. The van der Waals surface area contributed by atoms with Gasteiger partial charge in [0.1, 0.15) is 12.4 Å². The summed E-state index contributed by atoms with van der Waals surface area (Å²) in [6, 6.07) is 21.4. The van der Waals surface area contributed by atoms with E-state index in [4.69, 9.17) is 14.2 Å². The minimum atomic E-state index is -2.52. The summed E-state index contributed by atoms with van der Waals surface area (Å²) in [5.74, 6) is 0.118. The van der Waals surface area contributed by atoms with Crippen LogP contribution in [-0.4, -0.2) is 81.5 Å². The Morgan fingerprint density at radius 1 is 1.10 bits per heavy atom. The number of hydrogen-bond donors (Lipinski definition) is 1. The van der Waals surface area contributed by atoms with Crippen LogP contribution in [0.15, 0.2) is 79.4 Å². The van der Waals surface area contributed by atoms with E-state index in [9.17, 15) is 19.5 Å². The highest BCUT2D eigenvalue weighted by Crippen LogP contribution is 2.60. The molecule has 0 aromatic heterocycles. The van der Waals surface area contributed by atoms with Gasteiger partial charge in [-0.05, 0) is 53.4 Å². The number of nitrogens with zero attached hydrogens (tertiary/aromatic N) is 3. The van der Waals surface area contributed by atoms with Crippen molar-refractivity contribution in [3.63, 3.8) is 0 Å². The van der Waals surface area contributed by atoms with Gasteiger partial charge in [-0.15, -0.1) is 6.58 Å². The van der Waals surface area contributed by atoms with Crippen LogP contribution in [0.2, 0.25) is 18.6 Å². The standard InChI is InChI=1S/C39H45N3O7Si/c1-6-17-41-33-16-11-28(40-18-19-48-38(40)46)21-32(33)39(37(41)45)25(2)36(50(4,5)31-14-12-30(47-3)13-15-31)34(49-39)22-35(44)42-23-27-10-8-7-9-26(27)20-29(42)24-43/h6-16,21,25,29,34,36,43H,1,17-20,22-24H2,2-5H3/t25-,29-,34+,36-,39+/m0/s1. The van der Waals surface area contributed by atoms with Crippen LogP contribution in [0.3, 0.4) is 0 Å². The van der Waals surface area contributed by atoms with Gasteiger partial charge in [-0.3, -0.25) is 14.5 Å². The van der Waals surface area contributed by atoms with E-state index in [1.165, 1.54) is 0 Å². The maximum absolute atomic E-state index is 14.9. The molecule has 0 unspecified atom stereocenters. The van der Waals surface area contributed by atoms with E-state index in [2.05, 4.69) is 44.8 Å². The molecule has 5 atom stereocenters.